The summed E-state index contributed by atoms with van der Waals surface area (Å²) < 4.78 is 0. The lowest BCUT2D eigenvalue weighted by Gasteiger charge is -2.13. The van der Waals surface area contributed by atoms with Crippen molar-refractivity contribution in [1.29, 1.82) is 0 Å². The number of rotatable bonds is 5. The molecule has 0 aliphatic rings. The van der Waals surface area contributed by atoms with E-state index in [0.717, 1.165) is 0 Å². The molecule has 1 aromatic carbocycles. The second kappa shape index (κ2) is 5.68. The number of carboxylic acids is 1. The fourth-order valence-electron chi connectivity index (χ4n) is 1.47. The number of nitro groups is 1. The number of hydrogen-bond donors (Lipinski definition) is 2. The highest BCUT2D eigenvalue weighted by molar-refractivity contribution is 5.78. The third-order valence-corrected chi connectivity index (χ3v) is 2.23. The molecule has 1 unspecified atom stereocenters. The van der Waals surface area contributed by atoms with E-state index in [1.165, 1.54) is 12.1 Å². The smallest absolute Gasteiger partial charge is 0.327 e. The van der Waals surface area contributed by atoms with Gasteiger partial charge in [0, 0.05) is 24.2 Å². The number of nitrogens with one attached hydrogen (secondary N) is 1. The van der Waals surface area contributed by atoms with Gasteiger partial charge in [0.05, 0.1) is 4.92 Å². The number of nitrogens with zero attached hydrogens (tertiary/aromatic N) is 1. The van der Waals surface area contributed by atoms with Crippen molar-refractivity contribution >= 4 is 17.3 Å². The number of carboxylic acid groups (broad SMARTS) is 1. The number of anilines is 1. The molecule has 0 radical (unpaired) electrons. The summed E-state index contributed by atoms with van der Waals surface area (Å²) in [6.07, 6.45) is 5.06. The van der Waals surface area contributed by atoms with Crippen LogP contribution in [0.5, 0.6) is 0 Å². The minimum Gasteiger partial charge on any atom is -0.480 e. The molecule has 0 spiro atoms. The van der Waals surface area contributed by atoms with Gasteiger partial charge < -0.3 is 10.4 Å². The molecule has 6 nitrogen and oxygen atoms in total. The Kier molecular flexibility index (Phi) is 4.27. The van der Waals surface area contributed by atoms with Crippen LogP contribution in [-0.2, 0) is 4.79 Å². The highest BCUT2D eigenvalue weighted by atomic mass is 16.6. The average Bonchev–Trinajstić information content (AvgIpc) is 2.27. The Morgan fingerprint density at radius 3 is 2.78 bits per heavy atom. The first-order chi connectivity index (χ1) is 8.43. The molecule has 0 aliphatic carbocycles. The summed E-state index contributed by atoms with van der Waals surface area (Å²) >= 11 is 0. The molecule has 0 aromatic heterocycles. The number of nitro benzene ring substituents is 1. The van der Waals surface area contributed by atoms with Crippen molar-refractivity contribution in [3.8, 4) is 12.3 Å². The average molecular weight is 248 g/mol. The summed E-state index contributed by atoms with van der Waals surface area (Å²) in [4.78, 5) is 21.1. The van der Waals surface area contributed by atoms with E-state index in [0.29, 0.717) is 11.3 Å². The summed E-state index contributed by atoms with van der Waals surface area (Å²) in [5.74, 6) is 1.14. The molecule has 0 aliphatic heterocycles. The third kappa shape index (κ3) is 3.49. The van der Waals surface area contributed by atoms with Crippen molar-refractivity contribution in [3.05, 3.63) is 33.9 Å². The van der Waals surface area contributed by atoms with Gasteiger partial charge in [0.1, 0.15) is 6.04 Å². The van der Waals surface area contributed by atoms with Crippen LogP contribution in [0.3, 0.4) is 0 Å². The van der Waals surface area contributed by atoms with Gasteiger partial charge in [-0.1, -0.05) is 0 Å². The van der Waals surface area contributed by atoms with E-state index in [9.17, 15) is 14.9 Å². The Balaban J connectivity index is 2.99. The van der Waals surface area contributed by atoms with Gasteiger partial charge in [0.2, 0.25) is 0 Å². The summed E-state index contributed by atoms with van der Waals surface area (Å²) in [5.41, 5.74) is 0.934. The molecule has 2 N–H and O–H groups in total. The fraction of sp³-hybridized carbons (Fsp3) is 0.250. The molecule has 0 saturated carbocycles. The highest BCUT2D eigenvalue weighted by Crippen LogP contribution is 2.21. The van der Waals surface area contributed by atoms with Crippen molar-refractivity contribution in [2.75, 3.05) is 5.32 Å². The van der Waals surface area contributed by atoms with E-state index >= 15 is 0 Å². The Morgan fingerprint density at radius 1 is 1.61 bits per heavy atom. The lowest BCUT2D eigenvalue weighted by Crippen LogP contribution is -2.28. The maximum Gasteiger partial charge on any atom is 0.327 e. The zero-order valence-corrected chi connectivity index (χ0v) is 9.71. The quantitative estimate of drug-likeness (QED) is 0.471. The van der Waals surface area contributed by atoms with E-state index in [1.54, 1.807) is 13.0 Å². The number of aliphatic carboxylic acids is 1. The monoisotopic (exact) mass is 248 g/mol. The molecule has 0 saturated heterocycles. The van der Waals surface area contributed by atoms with Gasteiger partial charge in [-0.2, -0.15) is 0 Å². The normalized spacial score (nSPS) is 11.3. The summed E-state index contributed by atoms with van der Waals surface area (Å²) in [5, 5.41) is 22.3. The number of carbonyl (C=O) groups is 1. The van der Waals surface area contributed by atoms with Gasteiger partial charge in [-0.15, -0.1) is 12.3 Å². The molecule has 0 bridgehead atoms. The molecule has 18 heavy (non-hydrogen) atoms. The highest BCUT2D eigenvalue weighted by Gasteiger charge is 2.17. The van der Waals surface area contributed by atoms with E-state index < -0.39 is 16.9 Å². The summed E-state index contributed by atoms with van der Waals surface area (Å²) in [6.45, 7) is 1.69. The Bertz CT molecular complexity index is 519. The first kappa shape index (κ1) is 13.5. The molecular weight excluding hydrogens is 236 g/mol. The van der Waals surface area contributed by atoms with E-state index in [1.807, 2.05) is 0 Å². The second-order valence-electron chi connectivity index (χ2n) is 3.76. The summed E-state index contributed by atoms with van der Waals surface area (Å²) in [6, 6.07) is 3.34. The lowest BCUT2D eigenvalue weighted by molar-refractivity contribution is -0.384. The number of aryl methyl sites for hydroxylation is 1. The first-order valence-corrected chi connectivity index (χ1v) is 5.13. The Morgan fingerprint density at radius 2 is 2.28 bits per heavy atom. The van der Waals surface area contributed by atoms with Gasteiger partial charge in [0.25, 0.3) is 5.69 Å². The van der Waals surface area contributed by atoms with Crippen LogP contribution in [0.4, 0.5) is 11.4 Å². The first-order valence-electron chi connectivity index (χ1n) is 5.13. The van der Waals surface area contributed by atoms with Crippen LogP contribution in [0, 0.1) is 29.4 Å². The predicted octanol–water partition coefficient (Wildman–Crippen LogP) is 1.79. The van der Waals surface area contributed by atoms with Gasteiger partial charge in [0.15, 0.2) is 0 Å². The van der Waals surface area contributed by atoms with Crippen molar-refractivity contribution in [2.24, 2.45) is 0 Å². The molecule has 1 aromatic rings. The minimum absolute atomic E-state index is 0.00290. The topological polar surface area (TPSA) is 92.5 Å². The van der Waals surface area contributed by atoms with Crippen molar-refractivity contribution in [2.45, 2.75) is 19.4 Å². The number of hydrogen-bond acceptors (Lipinski definition) is 4. The maximum atomic E-state index is 10.9. The molecule has 0 amide bonds. The molecule has 0 fully saturated rings. The molecular formula is C12H12N2O4. The van der Waals surface area contributed by atoms with Crippen LogP contribution in [0.2, 0.25) is 0 Å². The van der Waals surface area contributed by atoms with Gasteiger partial charge >= 0.3 is 5.97 Å². The molecule has 94 valence electrons. The van der Waals surface area contributed by atoms with E-state index in [-0.39, 0.29) is 12.1 Å². The largest absolute Gasteiger partial charge is 0.480 e. The van der Waals surface area contributed by atoms with Crippen LogP contribution in [0.25, 0.3) is 0 Å². The van der Waals surface area contributed by atoms with Crippen molar-refractivity contribution in [1.82, 2.24) is 0 Å². The molecule has 1 rings (SSSR count). The predicted molar refractivity (Wildman–Crippen MR) is 66.3 cm³/mol. The van der Waals surface area contributed by atoms with Crippen LogP contribution in [0.1, 0.15) is 12.0 Å². The Hall–Kier alpha value is -2.55. The standard InChI is InChI=1S/C12H12N2O4/c1-3-4-11(12(15)16)13-9-5-8(2)6-10(7-9)14(17)18/h1,5-7,11,13H,4H2,2H3,(H,15,16). The van der Waals surface area contributed by atoms with Gasteiger partial charge in [-0.25, -0.2) is 4.79 Å². The van der Waals surface area contributed by atoms with Crippen LogP contribution < -0.4 is 5.32 Å². The van der Waals surface area contributed by atoms with Crippen LogP contribution in [0.15, 0.2) is 18.2 Å². The van der Waals surface area contributed by atoms with Crippen LogP contribution in [-0.4, -0.2) is 22.0 Å². The van der Waals surface area contributed by atoms with Crippen LogP contribution >= 0.6 is 0 Å². The second-order valence-corrected chi connectivity index (χ2v) is 3.76. The lowest BCUT2D eigenvalue weighted by atomic mass is 10.1. The number of benzene rings is 1. The van der Waals surface area contributed by atoms with Gasteiger partial charge in [-0.3, -0.25) is 10.1 Å². The maximum absolute atomic E-state index is 10.9. The van der Waals surface area contributed by atoms with Crippen molar-refractivity contribution < 1.29 is 14.8 Å². The molecule has 0 heterocycles. The van der Waals surface area contributed by atoms with Gasteiger partial charge in [-0.05, 0) is 18.6 Å². The third-order valence-electron chi connectivity index (χ3n) is 2.23. The minimum atomic E-state index is -1.10. The number of terminal acetylenes is 1. The zero-order chi connectivity index (χ0) is 13.7. The Labute approximate surface area is 104 Å². The van der Waals surface area contributed by atoms with Crippen molar-refractivity contribution in [3.63, 3.8) is 0 Å². The van der Waals surface area contributed by atoms with E-state index in [4.69, 9.17) is 11.5 Å². The molecule has 1 atom stereocenters. The fourth-order valence-corrected chi connectivity index (χ4v) is 1.47. The van der Waals surface area contributed by atoms with E-state index in [2.05, 4.69) is 11.2 Å². The SMILES string of the molecule is C#CCC(Nc1cc(C)cc([N+](=O)[O-])c1)C(=O)O. The summed E-state index contributed by atoms with van der Waals surface area (Å²) in [7, 11) is 0. The number of non-ortho nitro benzene ring substituents is 1. The molecule has 6 heteroatoms. The zero-order valence-electron chi connectivity index (χ0n) is 9.71.